The molecule has 204 valence electrons. The number of piperidine rings is 1. The quantitative estimate of drug-likeness (QED) is 0.188. The molecule has 0 amide bonds. The van der Waals surface area contributed by atoms with Gasteiger partial charge in [0.15, 0.2) is 0 Å². The number of aliphatic carboxylic acids is 1. The first-order valence-electron chi connectivity index (χ1n) is 12.8. The standard InChI is InChI=1S/C29H34ClFN2O4S/c1-36-20-5-3-6-22(17-20)38-16-4-13-33-14-11-29(12-15-33,28(34)35)10-9-25(31)27-23-18-21(37-2)7-8-26(23)32-19-24(27)30/h3,5-8,17-19,25H,4,9-16H2,1-2H3,(H,34,35)/t25-/m0/s1. The van der Waals surface area contributed by atoms with Crippen molar-refractivity contribution in [3.63, 3.8) is 0 Å². The lowest BCUT2D eigenvalue weighted by Crippen LogP contribution is -2.44. The van der Waals surface area contributed by atoms with E-state index in [0.717, 1.165) is 24.5 Å². The summed E-state index contributed by atoms with van der Waals surface area (Å²) >= 11 is 8.16. The van der Waals surface area contributed by atoms with Gasteiger partial charge in [0.05, 0.1) is 30.2 Å². The van der Waals surface area contributed by atoms with Crippen LogP contribution in [0.2, 0.25) is 5.02 Å². The highest BCUT2D eigenvalue weighted by Gasteiger charge is 2.41. The number of halogens is 2. The van der Waals surface area contributed by atoms with Gasteiger partial charge < -0.3 is 19.5 Å². The second-order valence-corrected chi connectivity index (χ2v) is 11.3. The minimum Gasteiger partial charge on any atom is -0.497 e. The lowest BCUT2D eigenvalue weighted by molar-refractivity contribution is -0.153. The molecule has 4 rings (SSSR count). The Morgan fingerprint density at radius 3 is 2.63 bits per heavy atom. The number of hydrogen-bond acceptors (Lipinski definition) is 6. The molecule has 0 spiro atoms. The summed E-state index contributed by atoms with van der Waals surface area (Å²) in [5.41, 5.74) is 0.0455. The zero-order valence-electron chi connectivity index (χ0n) is 21.8. The average Bonchev–Trinajstić information content (AvgIpc) is 2.94. The molecule has 0 radical (unpaired) electrons. The Morgan fingerprint density at radius 2 is 1.92 bits per heavy atom. The maximum atomic E-state index is 15.7. The number of fused-ring (bicyclic) bond motifs is 1. The van der Waals surface area contributed by atoms with Crippen molar-refractivity contribution in [3.05, 3.63) is 59.2 Å². The zero-order chi connectivity index (χ0) is 27.1. The van der Waals surface area contributed by atoms with Crippen LogP contribution in [0.1, 0.15) is 43.8 Å². The molecule has 2 heterocycles. The molecule has 0 bridgehead atoms. The number of likely N-dealkylation sites (tertiary alicyclic amines) is 1. The average molecular weight is 561 g/mol. The number of aromatic nitrogens is 1. The topological polar surface area (TPSA) is 71.9 Å². The van der Waals surface area contributed by atoms with Crippen LogP contribution in [-0.4, -0.2) is 60.6 Å². The Kier molecular flexibility index (Phi) is 9.74. The first kappa shape index (κ1) is 28.5. The third kappa shape index (κ3) is 6.71. The van der Waals surface area contributed by atoms with Gasteiger partial charge in [0.1, 0.15) is 17.7 Å². The van der Waals surface area contributed by atoms with Crippen LogP contribution in [0.3, 0.4) is 0 Å². The molecule has 0 aliphatic carbocycles. The molecule has 0 unspecified atom stereocenters. The second-order valence-electron chi connectivity index (χ2n) is 9.72. The number of nitrogens with zero attached hydrogens (tertiary/aromatic N) is 2. The first-order chi connectivity index (χ1) is 18.3. The maximum Gasteiger partial charge on any atom is 0.309 e. The largest absolute Gasteiger partial charge is 0.497 e. The van der Waals surface area contributed by atoms with E-state index in [-0.39, 0.29) is 17.9 Å². The summed E-state index contributed by atoms with van der Waals surface area (Å²) < 4.78 is 26.2. The van der Waals surface area contributed by atoms with Crippen LogP contribution in [0.5, 0.6) is 11.5 Å². The molecule has 1 aliphatic rings. The second kappa shape index (κ2) is 13.0. The van der Waals surface area contributed by atoms with Crippen LogP contribution in [-0.2, 0) is 4.79 Å². The number of alkyl halides is 1. The summed E-state index contributed by atoms with van der Waals surface area (Å²) in [7, 11) is 3.22. The summed E-state index contributed by atoms with van der Waals surface area (Å²) in [5, 5.41) is 11.0. The van der Waals surface area contributed by atoms with E-state index in [4.69, 9.17) is 21.1 Å². The predicted molar refractivity (Wildman–Crippen MR) is 150 cm³/mol. The van der Waals surface area contributed by atoms with Gasteiger partial charge in [-0.3, -0.25) is 9.78 Å². The third-order valence-electron chi connectivity index (χ3n) is 7.45. The van der Waals surface area contributed by atoms with Gasteiger partial charge in [-0.2, -0.15) is 0 Å². The van der Waals surface area contributed by atoms with Crippen molar-refractivity contribution in [1.82, 2.24) is 9.88 Å². The van der Waals surface area contributed by atoms with Crippen LogP contribution < -0.4 is 9.47 Å². The molecule has 3 aromatic rings. The van der Waals surface area contributed by atoms with E-state index in [0.29, 0.717) is 48.1 Å². The number of benzene rings is 2. The van der Waals surface area contributed by atoms with E-state index in [9.17, 15) is 9.90 Å². The molecule has 9 heteroatoms. The summed E-state index contributed by atoms with van der Waals surface area (Å²) in [5.74, 6) is 1.57. The van der Waals surface area contributed by atoms with Crippen molar-refractivity contribution in [1.29, 1.82) is 0 Å². The molecule has 1 fully saturated rings. The molecule has 1 aliphatic heterocycles. The predicted octanol–water partition coefficient (Wildman–Crippen LogP) is 7.05. The van der Waals surface area contributed by atoms with E-state index in [1.807, 2.05) is 18.2 Å². The lowest BCUT2D eigenvalue weighted by Gasteiger charge is -2.39. The Labute approximate surface area is 232 Å². The van der Waals surface area contributed by atoms with E-state index >= 15 is 4.39 Å². The highest BCUT2D eigenvalue weighted by Crippen LogP contribution is 2.42. The van der Waals surface area contributed by atoms with Crippen molar-refractivity contribution in [2.24, 2.45) is 5.41 Å². The Bertz CT molecular complexity index is 1250. The van der Waals surface area contributed by atoms with Crippen molar-refractivity contribution in [2.75, 3.05) is 39.6 Å². The third-order valence-corrected chi connectivity index (χ3v) is 8.83. The van der Waals surface area contributed by atoms with Gasteiger partial charge in [0, 0.05) is 22.0 Å². The fourth-order valence-electron chi connectivity index (χ4n) is 5.11. The van der Waals surface area contributed by atoms with E-state index in [2.05, 4.69) is 16.0 Å². The summed E-state index contributed by atoms with van der Waals surface area (Å²) in [6, 6.07) is 13.3. The van der Waals surface area contributed by atoms with Gasteiger partial charge in [-0.25, -0.2) is 4.39 Å². The highest BCUT2D eigenvalue weighted by molar-refractivity contribution is 7.99. The Morgan fingerprint density at radius 1 is 1.18 bits per heavy atom. The number of carboxylic acids is 1. The number of ether oxygens (including phenoxy) is 2. The molecule has 1 atom stereocenters. The number of hydrogen-bond donors (Lipinski definition) is 1. The van der Waals surface area contributed by atoms with Crippen LogP contribution in [0.15, 0.2) is 53.6 Å². The summed E-state index contributed by atoms with van der Waals surface area (Å²) in [4.78, 5) is 20.1. The fraction of sp³-hybridized carbons (Fsp3) is 0.448. The Balaban J connectivity index is 1.32. The molecule has 1 saturated heterocycles. The van der Waals surface area contributed by atoms with Crippen LogP contribution in [0.4, 0.5) is 4.39 Å². The lowest BCUT2D eigenvalue weighted by atomic mass is 9.74. The minimum absolute atomic E-state index is 0.0829. The normalized spacial score (nSPS) is 16.3. The van der Waals surface area contributed by atoms with Crippen molar-refractivity contribution in [2.45, 2.75) is 43.2 Å². The van der Waals surface area contributed by atoms with E-state index < -0.39 is 17.6 Å². The molecule has 2 aromatic carbocycles. The number of thioether (sulfide) groups is 1. The van der Waals surface area contributed by atoms with Gasteiger partial charge in [-0.05, 0) is 93.9 Å². The maximum absolute atomic E-state index is 15.7. The SMILES string of the molecule is COc1cccc(SCCCN2CCC(CC[C@H](F)c3c(Cl)cnc4ccc(OC)cc34)(C(=O)O)CC2)c1. The zero-order valence-corrected chi connectivity index (χ0v) is 23.4. The number of pyridine rings is 1. The fourth-order valence-corrected chi connectivity index (χ4v) is 6.26. The van der Waals surface area contributed by atoms with Crippen molar-refractivity contribution >= 4 is 40.2 Å². The van der Waals surface area contributed by atoms with Crippen LogP contribution >= 0.6 is 23.4 Å². The monoisotopic (exact) mass is 560 g/mol. The first-order valence-corrected chi connectivity index (χ1v) is 14.2. The smallest absolute Gasteiger partial charge is 0.309 e. The number of carbonyl (C=O) groups is 1. The van der Waals surface area contributed by atoms with Gasteiger partial charge >= 0.3 is 5.97 Å². The molecular weight excluding hydrogens is 527 g/mol. The van der Waals surface area contributed by atoms with Gasteiger partial charge in [-0.1, -0.05) is 17.7 Å². The molecule has 6 nitrogen and oxygen atoms in total. The molecule has 1 N–H and O–H groups in total. The van der Waals surface area contributed by atoms with Gasteiger partial charge in [0.25, 0.3) is 0 Å². The van der Waals surface area contributed by atoms with E-state index in [1.54, 1.807) is 44.2 Å². The highest BCUT2D eigenvalue weighted by atomic mass is 35.5. The molecular formula is C29H34ClFN2O4S. The van der Waals surface area contributed by atoms with Crippen LogP contribution in [0, 0.1) is 5.41 Å². The number of carboxylic acid groups (broad SMARTS) is 1. The van der Waals surface area contributed by atoms with Gasteiger partial charge in [0.2, 0.25) is 0 Å². The molecule has 38 heavy (non-hydrogen) atoms. The van der Waals surface area contributed by atoms with Crippen molar-refractivity contribution < 1.29 is 23.8 Å². The van der Waals surface area contributed by atoms with Gasteiger partial charge in [-0.15, -0.1) is 11.8 Å². The van der Waals surface area contributed by atoms with Crippen LogP contribution in [0.25, 0.3) is 10.9 Å². The molecule has 1 aromatic heterocycles. The Hall–Kier alpha value is -2.55. The summed E-state index contributed by atoms with van der Waals surface area (Å²) in [6.07, 6.45) is 2.42. The number of methoxy groups -OCH3 is 2. The van der Waals surface area contributed by atoms with E-state index in [1.165, 1.54) is 11.1 Å². The van der Waals surface area contributed by atoms with Crippen molar-refractivity contribution in [3.8, 4) is 11.5 Å². The number of rotatable bonds is 12. The molecule has 0 saturated carbocycles. The summed E-state index contributed by atoms with van der Waals surface area (Å²) in [6.45, 7) is 2.31. The minimum atomic E-state index is -1.40.